The first-order chi connectivity index (χ1) is 15.0. The number of amides is 2. The second-order valence-corrected chi connectivity index (χ2v) is 7.69. The van der Waals surface area contributed by atoms with Gasteiger partial charge >= 0.3 is 0 Å². The van der Waals surface area contributed by atoms with E-state index >= 15 is 0 Å². The summed E-state index contributed by atoms with van der Waals surface area (Å²) in [7, 11) is 4.74. The summed E-state index contributed by atoms with van der Waals surface area (Å²) in [6.45, 7) is 0.607. The zero-order chi connectivity index (χ0) is 22.0. The van der Waals surface area contributed by atoms with Crippen LogP contribution in [-0.2, 0) is 16.0 Å². The Morgan fingerprint density at radius 3 is 2.52 bits per heavy atom. The predicted molar refractivity (Wildman–Crippen MR) is 117 cm³/mol. The van der Waals surface area contributed by atoms with Crippen molar-refractivity contribution in [1.82, 2.24) is 5.32 Å². The topological polar surface area (TPSA) is 89.1 Å². The normalized spacial score (nSPS) is 19.2. The highest BCUT2D eigenvalue weighted by Gasteiger charge is 2.41. The van der Waals surface area contributed by atoms with Crippen LogP contribution in [0.4, 0.5) is 11.4 Å². The molecule has 31 heavy (non-hydrogen) atoms. The molecule has 0 bridgehead atoms. The molecule has 1 fully saturated rings. The zero-order valence-corrected chi connectivity index (χ0v) is 17.9. The molecule has 2 N–H and O–H groups in total. The Balaban J connectivity index is 1.40. The zero-order valence-electron chi connectivity index (χ0n) is 17.9. The first kappa shape index (κ1) is 20.8. The van der Waals surface area contributed by atoms with Crippen LogP contribution in [-0.4, -0.2) is 51.8 Å². The van der Waals surface area contributed by atoms with E-state index in [9.17, 15) is 9.59 Å². The lowest BCUT2D eigenvalue weighted by Gasteiger charge is -2.32. The van der Waals surface area contributed by atoms with Gasteiger partial charge in [0.2, 0.25) is 11.8 Å². The predicted octanol–water partition coefficient (Wildman–Crippen LogP) is 2.36. The third-order valence-corrected chi connectivity index (χ3v) is 5.86. The minimum Gasteiger partial charge on any atom is -0.496 e. The van der Waals surface area contributed by atoms with Crippen LogP contribution in [0.2, 0.25) is 0 Å². The Bertz CT molecular complexity index is 968. The molecule has 2 unspecified atom stereocenters. The fraction of sp³-hybridized carbons (Fsp3) is 0.391. The van der Waals surface area contributed by atoms with Crippen molar-refractivity contribution in [1.29, 1.82) is 0 Å². The van der Waals surface area contributed by atoms with Gasteiger partial charge in [-0.3, -0.25) is 9.59 Å². The van der Waals surface area contributed by atoms with E-state index in [4.69, 9.17) is 14.2 Å². The van der Waals surface area contributed by atoms with Crippen molar-refractivity contribution >= 4 is 23.2 Å². The van der Waals surface area contributed by atoms with Gasteiger partial charge in [-0.05, 0) is 25.0 Å². The van der Waals surface area contributed by atoms with E-state index in [0.29, 0.717) is 36.6 Å². The van der Waals surface area contributed by atoms with Gasteiger partial charge in [0.1, 0.15) is 23.3 Å². The van der Waals surface area contributed by atoms with Crippen LogP contribution in [0.1, 0.15) is 18.4 Å². The van der Waals surface area contributed by atoms with Crippen LogP contribution in [0.15, 0.2) is 36.4 Å². The maximum Gasteiger partial charge on any atom is 0.247 e. The first-order valence-electron chi connectivity index (χ1n) is 10.3. The minimum absolute atomic E-state index is 0.0249. The Labute approximate surface area is 181 Å². The highest BCUT2D eigenvalue weighted by molar-refractivity contribution is 6.04. The fourth-order valence-electron chi connectivity index (χ4n) is 4.36. The molecule has 0 radical (unpaired) electrons. The van der Waals surface area contributed by atoms with Crippen LogP contribution >= 0.6 is 0 Å². The number of hydrogen-bond acceptors (Lipinski definition) is 6. The lowest BCUT2D eigenvalue weighted by molar-refractivity contribution is -0.122. The van der Waals surface area contributed by atoms with E-state index in [-0.39, 0.29) is 30.3 Å². The minimum atomic E-state index is -0.262. The van der Waals surface area contributed by atoms with Crippen LogP contribution in [0.25, 0.3) is 0 Å². The molecule has 2 aromatic carbocycles. The van der Waals surface area contributed by atoms with Crippen molar-refractivity contribution in [3.63, 3.8) is 0 Å². The summed E-state index contributed by atoms with van der Waals surface area (Å²) in [6.07, 6.45) is 1.33. The average molecular weight is 425 g/mol. The number of benzene rings is 2. The Hall–Kier alpha value is -3.42. The number of nitrogens with one attached hydrogen (secondary N) is 2. The van der Waals surface area contributed by atoms with Crippen LogP contribution in [0.5, 0.6) is 17.2 Å². The van der Waals surface area contributed by atoms with E-state index in [1.165, 1.54) is 0 Å². The molecule has 0 aromatic heterocycles. The molecule has 0 spiro atoms. The first-order valence-corrected chi connectivity index (χ1v) is 10.3. The SMILES string of the molecule is COc1cc(OC)c(CCC(=O)NC2CC3C(=O)Nc4ccccc4N3C2)c(OC)c1. The standard InChI is InChI=1S/C23H27N3O5/c1-29-15-11-20(30-2)16(21(12-15)31-3)8-9-22(27)24-14-10-19-23(28)25-17-6-4-5-7-18(17)26(19)13-14/h4-7,11-12,14,19H,8-10,13H2,1-3H3,(H,24,27)(H,25,28). The smallest absolute Gasteiger partial charge is 0.247 e. The Kier molecular flexibility index (Phi) is 5.88. The van der Waals surface area contributed by atoms with Gasteiger partial charge in [0.25, 0.3) is 0 Å². The van der Waals surface area contributed by atoms with E-state index in [0.717, 1.165) is 16.9 Å². The second kappa shape index (κ2) is 8.75. The van der Waals surface area contributed by atoms with Crippen LogP contribution in [0, 0.1) is 0 Å². The highest BCUT2D eigenvalue weighted by atomic mass is 16.5. The molecule has 4 rings (SSSR count). The fourth-order valence-corrected chi connectivity index (χ4v) is 4.36. The van der Waals surface area contributed by atoms with Gasteiger partial charge in [-0.2, -0.15) is 0 Å². The van der Waals surface area contributed by atoms with Gasteiger partial charge in [0.05, 0.1) is 32.7 Å². The lowest BCUT2D eigenvalue weighted by atomic mass is 10.1. The monoisotopic (exact) mass is 425 g/mol. The number of carbonyl (C=O) groups is 2. The molecule has 8 nitrogen and oxygen atoms in total. The maximum atomic E-state index is 12.7. The summed E-state index contributed by atoms with van der Waals surface area (Å²) in [6, 6.07) is 10.9. The Morgan fingerprint density at radius 1 is 1.13 bits per heavy atom. The summed E-state index contributed by atoms with van der Waals surface area (Å²) in [4.78, 5) is 27.2. The van der Waals surface area contributed by atoms with Crippen molar-refractivity contribution in [2.75, 3.05) is 38.1 Å². The molecule has 2 atom stereocenters. The van der Waals surface area contributed by atoms with E-state index < -0.39 is 0 Å². The number of hydrogen-bond donors (Lipinski definition) is 2. The molecule has 0 aliphatic carbocycles. The number of para-hydroxylation sites is 2. The van der Waals surface area contributed by atoms with Gasteiger partial charge in [-0.15, -0.1) is 0 Å². The number of carbonyl (C=O) groups excluding carboxylic acids is 2. The molecule has 2 aliphatic heterocycles. The third kappa shape index (κ3) is 4.10. The number of anilines is 2. The summed E-state index contributed by atoms with van der Waals surface area (Å²) in [5.74, 6) is 1.77. The molecule has 0 saturated carbocycles. The number of ether oxygens (including phenoxy) is 3. The van der Waals surface area contributed by atoms with Crippen LogP contribution in [0.3, 0.4) is 0 Å². The number of fused-ring (bicyclic) bond motifs is 3. The number of nitrogens with zero attached hydrogens (tertiary/aromatic N) is 1. The highest BCUT2D eigenvalue weighted by Crippen LogP contribution is 2.37. The second-order valence-electron chi connectivity index (χ2n) is 7.69. The lowest BCUT2D eigenvalue weighted by Crippen LogP contribution is -2.44. The quantitative estimate of drug-likeness (QED) is 0.708. The molecular weight excluding hydrogens is 398 g/mol. The molecule has 164 valence electrons. The summed E-state index contributed by atoms with van der Waals surface area (Å²) in [5, 5.41) is 6.04. The number of rotatable bonds is 7. The summed E-state index contributed by atoms with van der Waals surface area (Å²) < 4.78 is 16.2. The van der Waals surface area contributed by atoms with Crippen molar-refractivity contribution in [3.05, 3.63) is 42.0 Å². The van der Waals surface area contributed by atoms with Crippen molar-refractivity contribution in [3.8, 4) is 17.2 Å². The summed E-state index contributed by atoms with van der Waals surface area (Å²) in [5.41, 5.74) is 2.63. The van der Waals surface area contributed by atoms with Crippen molar-refractivity contribution < 1.29 is 23.8 Å². The van der Waals surface area contributed by atoms with Crippen molar-refractivity contribution in [2.45, 2.75) is 31.3 Å². The molecule has 2 aliphatic rings. The van der Waals surface area contributed by atoms with Gasteiger partial charge < -0.3 is 29.7 Å². The van der Waals surface area contributed by atoms with E-state index in [1.54, 1.807) is 33.5 Å². The van der Waals surface area contributed by atoms with Gasteiger partial charge in [0.15, 0.2) is 0 Å². The van der Waals surface area contributed by atoms with E-state index in [1.807, 2.05) is 24.3 Å². The Morgan fingerprint density at radius 2 is 1.84 bits per heavy atom. The maximum absolute atomic E-state index is 12.7. The van der Waals surface area contributed by atoms with Crippen LogP contribution < -0.4 is 29.7 Å². The average Bonchev–Trinajstić information content (AvgIpc) is 3.21. The van der Waals surface area contributed by atoms with Gasteiger partial charge in [-0.25, -0.2) is 0 Å². The van der Waals surface area contributed by atoms with Gasteiger partial charge in [-0.1, -0.05) is 12.1 Å². The molecular formula is C23H27N3O5. The summed E-state index contributed by atoms with van der Waals surface area (Å²) >= 11 is 0. The van der Waals surface area contributed by atoms with E-state index in [2.05, 4.69) is 15.5 Å². The molecule has 2 aromatic rings. The number of methoxy groups -OCH3 is 3. The molecule has 1 saturated heterocycles. The third-order valence-electron chi connectivity index (χ3n) is 5.86. The molecule has 2 heterocycles. The van der Waals surface area contributed by atoms with Crippen molar-refractivity contribution in [2.24, 2.45) is 0 Å². The molecule has 8 heteroatoms. The molecule has 2 amide bonds. The largest absolute Gasteiger partial charge is 0.496 e. The van der Waals surface area contributed by atoms with Gasteiger partial charge in [0, 0.05) is 36.7 Å².